The molecule has 4 N–H and O–H groups in total. The van der Waals surface area contributed by atoms with E-state index in [0.29, 0.717) is 12.1 Å². The van der Waals surface area contributed by atoms with Crippen LogP contribution in [0.4, 0.5) is 5.69 Å². The van der Waals surface area contributed by atoms with Crippen LogP contribution in [0.15, 0.2) is 18.5 Å². The summed E-state index contributed by atoms with van der Waals surface area (Å²) in [6, 6.07) is 1.72. The molecule has 0 spiro atoms. The largest absolute Gasteiger partial charge is 0.389 e. The summed E-state index contributed by atoms with van der Waals surface area (Å²) in [4.78, 5) is 17.0. The molecule has 1 aromatic rings. The van der Waals surface area contributed by atoms with Gasteiger partial charge < -0.3 is 16.4 Å². The number of aromatic nitrogens is 1. The molecule has 1 heterocycles. The number of thiocarbonyl (C=S) groups is 1. The van der Waals surface area contributed by atoms with Gasteiger partial charge in [0.2, 0.25) is 5.91 Å². The molecule has 86 valence electrons. The highest BCUT2D eigenvalue weighted by atomic mass is 32.1. The van der Waals surface area contributed by atoms with Crippen LogP contribution in [0.2, 0.25) is 0 Å². The van der Waals surface area contributed by atoms with Gasteiger partial charge in [-0.25, -0.2) is 0 Å². The summed E-state index contributed by atoms with van der Waals surface area (Å²) in [5, 5.41) is 0. The van der Waals surface area contributed by atoms with Crippen LogP contribution in [0.1, 0.15) is 12.5 Å². The summed E-state index contributed by atoms with van der Waals surface area (Å²) in [6.45, 7) is 2.67. The smallest absolute Gasteiger partial charge is 0.236 e. The first-order valence-corrected chi connectivity index (χ1v) is 5.24. The van der Waals surface area contributed by atoms with Gasteiger partial charge in [-0.05, 0) is 13.0 Å². The fourth-order valence-corrected chi connectivity index (χ4v) is 1.57. The minimum atomic E-state index is -0.403. The molecule has 0 fully saturated rings. The second kappa shape index (κ2) is 5.41. The predicted molar refractivity (Wildman–Crippen MR) is 67.2 cm³/mol. The molecular weight excluding hydrogens is 224 g/mol. The average Bonchev–Trinajstić information content (AvgIpc) is 2.25. The van der Waals surface area contributed by atoms with Crippen molar-refractivity contribution in [3.63, 3.8) is 0 Å². The fraction of sp³-hybridized carbons (Fsp3) is 0.300. The van der Waals surface area contributed by atoms with Crippen molar-refractivity contribution in [1.82, 2.24) is 4.98 Å². The maximum absolute atomic E-state index is 10.9. The average molecular weight is 238 g/mol. The Morgan fingerprint density at radius 3 is 2.75 bits per heavy atom. The molecule has 0 atom stereocenters. The van der Waals surface area contributed by atoms with Crippen LogP contribution in [-0.2, 0) is 4.79 Å². The number of rotatable bonds is 5. The number of pyridine rings is 1. The molecule has 1 amide bonds. The van der Waals surface area contributed by atoms with E-state index in [2.05, 4.69) is 4.98 Å². The SMILES string of the molecule is CCN(CC(N)=O)c1cnccc1C(N)=S. The van der Waals surface area contributed by atoms with Crippen molar-refractivity contribution in [2.45, 2.75) is 6.92 Å². The lowest BCUT2D eigenvalue weighted by molar-refractivity contribution is -0.116. The highest BCUT2D eigenvalue weighted by Crippen LogP contribution is 2.18. The lowest BCUT2D eigenvalue weighted by Gasteiger charge is -2.23. The minimum Gasteiger partial charge on any atom is -0.389 e. The van der Waals surface area contributed by atoms with E-state index in [4.69, 9.17) is 23.7 Å². The van der Waals surface area contributed by atoms with Crippen molar-refractivity contribution in [3.05, 3.63) is 24.0 Å². The Hall–Kier alpha value is -1.69. The van der Waals surface area contributed by atoms with Crippen LogP contribution in [0.25, 0.3) is 0 Å². The molecule has 1 aromatic heterocycles. The summed E-state index contributed by atoms with van der Waals surface area (Å²) in [5.74, 6) is -0.403. The maximum atomic E-state index is 10.9. The van der Waals surface area contributed by atoms with E-state index in [-0.39, 0.29) is 11.5 Å². The molecule has 0 saturated carbocycles. The predicted octanol–water partition coefficient (Wildman–Crippen LogP) is 0.0274. The summed E-state index contributed by atoms with van der Waals surface area (Å²) in [5.41, 5.74) is 12.2. The topological polar surface area (TPSA) is 85.2 Å². The molecule has 6 heteroatoms. The number of hydrogen-bond donors (Lipinski definition) is 2. The fourth-order valence-electron chi connectivity index (χ4n) is 1.40. The Morgan fingerprint density at radius 2 is 2.25 bits per heavy atom. The third kappa shape index (κ3) is 2.90. The first-order chi connectivity index (χ1) is 7.56. The van der Waals surface area contributed by atoms with Gasteiger partial charge >= 0.3 is 0 Å². The number of likely N-dealkylation sites (N-methyl/N-ethyl adjacent to an activating group) is 1. The van der Waals surface area contributed by atoms with Gasteiger partial charge in [-0.3, -0.25) is 9.78 Å². The van der Waals surface area contributed by atoms with Crippen LogP contribution in [-0.4, -0.2) is 29.0 Å². The van der Waals surface area contributed by atoms with Gasteiger partial charge in [0.05, 0.1) is 18.4 Å². The van der Waals surface area contributed by atoms with Gasteiger partial charge in [0, 0.05) is 18.3 Å². The van der Waals surface area contributed by atoms with Crippen molar-refractivity contribution in [1.29, 1.82) is 0 Å². The van der Waals surface area contributed by atoms with Gasteiger partial charge in [-0.2, -0.15) is 0 Å². The number of anilines is 1. The molecule has 0 unspecified atom stereocenters. The molecule has 1 rings (SSSR count). The molecule has 0 aliphatic carbocycles. The summed E-state index contributed by atoms with van der Waals surface area (Å²) >= 11 is 4.94. The Morgan fingerprint density at radius 1 is 1.56 bits per heavy atom. The van der Waals surface area contributed by atoms with Gasteiger partial charge in [0.15, 0.2) is 0 Å². The van der Waals surface area contributed by atoms with Gasteiger partial charge in [0.25, 0.3) is 0 Å². The molecule has 16 heavy (non-hydrogen) atoms. The lowest BCUT2D eigenvalue weighted by atomic mass is 10.2. The Balaban J connectivity index is 3.08. The minimum absolute atomic E-state index is 0.123. The van der Waals surface area contributed by atoms with Crippen molar-refractivity contribution in [2.24, 2.45) is 11.5 Å². The zero-order valence-corrected chi connectivity index (χ0v) is 9.83. The number of carbonyl (C=O) groups excluding carboxylic acids is 1. The first kappa shape index (κ1) is 12.4. The molecule has 0 bridgehead atoms. The number of hydrogen-bond acceptors (Lipinski definition) is 4. The maximum Gasteiger partial charge on any atom is 0.236 e. The second-order valence-corrected chi connectivity index (χ2v) is 3.68. The highest BCUT2D eigenvalue weighted by molar-refractivity contribution is 7.80. The normalized spacial score (nSPS) is 9.81. The van der Waals surface area contributed by atoms with Gasteiger partial charge in [0.1, 0.15) is 4.99 Å². The van der Waals surface area contributed by atoms with E-state index in [1.807, 2.05) is 6.92 Å². The summed E-state index contributed by atoms with van der Waals surface area (Å²) < 4.78 is 0. The van der Waals surface area contributed by atoms with Crippen molar-refractivity contribution < 1.29 is 4.79 Å². The van der Waals surface area contributed by atoms with Crippen LogP contribution in [0.5, 0.6) is 0 Å². The zero-order chi connectivity index (χ0) is 12.1. The first-order valence-electron chi connectivity index (χ1n) is 4.83. The monoisotopic (exact) mass is 238 g/mol. The van der Waals surface area contributed by atoms with Crippen LogP contribution in [0, 0.1) is 0 Å². The number of nitrogens with zero attached hydrogens (tertiary/aromatic N) is 2. The van der Waals surface area contributed by atoms with Crippen molar-refractivity contribution >= 4 is 28.8 Å². The van der Waals surface area contributed by atoms with Crippen molar-refractivity contribution in [2.75, 3.05) is 18.0 Å². The Bertz CT molecular complexity index is 408. The molecule has 0 aliphatic rings. The third-order valence-electron chi connectivity index (χ3n) is 2.13. The van der Waals surface area contributed by atoms with Crippen LogP contribution >= 0.6 is 12.2 Å². The quantitative estimate of drug-likeness (QED) is 0.707. The molecular formula is C10H14N4OS. The summed E-state index contributed by atoms with van der Waals surface area (Å²) in [7, 11) is 0. The Kier molecular flexibility index (Phi) is 4.19. The lowest BCUT2D eigenvalue weighted by Crippen LogP contribution is -2.35. The van der Waals surface area contributed by atoms with E-state index >= 15 is 0 Å². The second-order valence-electron chi connectivity index (χ2n) is 3.24. The standard InChI is InChI=1S/C10H14N4OS/c1-2-14(6-9(11)15)8-5-13-4-3-7(8)10(12)16/h3-5H,2,6H2,1H3,(H2,11,15)(H2,12,16). The van der Waals surface area contributed by atoms with E-state index in [0.717, 1.165) is 5.69 Å². The van der Waals surface area contributed by atoms with E-state index in [9.17, 15) is 4.79 Å². The number of primary amides is 1. The molecule has 0 saturated heterocycles. The van der Waals surface area contributed by atoms with Crippen LogP contribution in [0.3, 0.4) is 0 Å². The highest BCUT2D eigenvalue weighted by Gasteiger charge is 2.13. The van der Waals surface area contributed by atoms with Gasteiger partial charge in [-0.1, -0.05) is 12.2 Å². The molecule has 0 aliphatic heterocycles. The van der Waals surface area contributed by atoms with Crippen molar-refractivity contribution in [3.8, 4) is 0 Å². The molecule has 0 radical (unpaired) electrons. The van der Waals surface area contributed by atoms with Crippen LogP contribution < -0.4 is 16.4 Å². The number of amides is 1. The molecule has 0 aromatic carbocycles. The number of nitrogens with two attached hydrogens (primary N) is 2. The van der Waals surface area contributed by atoms with E-state index in [1.54, 1.807) is 23.4 Å². The Labute approximate surface area is 99.4 Å². The molecule has 5 nitrogen and oxygen atoms in total. The van der Waals surface area contributed by atoms with E-state index in [1.165, 1.54) is 0 Å². The zero-order valence-electron chi connectivity index (χ0n) is 9.01. The summed E-state index contributed by atoms with van der Waals surface area (Å²) in [6.07, 6.45) is 3.23. The van der Waals surface area contributed by atoms with Gasteiger partial charge in [-0.15, -0.1) is 0 Å². The third-order valence-corrected chi connectivity index (χ3v) is 2.35. The number of carbonyl (C=O) groups is 1. The van der Waals surface area contributed by atoms with E-state index < -0.39 is 5.91 Å².